The third-order valence-corrected chi connectivity index (χ3v) is 2.97. The molecular formula is C14H21FN2O. The highest BCUT2D eigenvalue weighted by Gasteiger charge is 2.17. The van der Waals surface area contributed by atoms with E-state index < -0.39 is 0 Å². The highest BCUT2D eigenvalue weighted by atomic mass is 19.1. The van der Waals surface area contributed by atoms with Gasteiger partial charge in [0.05, 0.1) is 6.04 Å². The second kappa shape index (κ2) is 7.11. The number of likely N-dealkylation sites (N-methyl/N-ethyl adjacent to an activating group) is 1. The molecule has 0 saturated carbocycles. The standard InChI is InChI=1S/C14H21FN2O/c1-4-17(5-2)14(18)11(3)16-10-12-6-8-13(15)9-7-12/h6-9,11,16H,4-5,10H2,1-3H3. The predicted molar refractivity (Wildman–Crippen MR) is 70.6 cm³/mol. The number of halogens is 1. The van der Waals surface area contributed by atoms with Gasteiger partial charge in [0, 0.05) is 19.6 Å². The summed E-state index contributed by atoms with van der Waals surface area (Å²) in [6, 6.07) is 6.06. The van der Waals surface area contributed by atoms with E-state index >= 15 is 0 Å². The lowest BCUT2D eigenvalue weighted by molar-refractivity contribution is -0.132. The topological polar surface area (TPSA) is 32.3 Å². The summed E-state index contributed by atoms with van der Waals surface area (Å²) in [6.07, 6.45) is 0. The number of nitrogens with zero attached hydrogens (tertiary/aromatic N) is 1. The number of nitrogens with one attached hydrogen (secondary N) is 1. The van der Waals surface area contributed by atoms with E-state index in [0.29, 0.717) is 6.54 Å². The zero-order valence-electron chi connectivity index (χ0n) is 11.2. The van der Waals surface area contributed by atoms with E-state index in [0.717, 1.165) is 18.7 Å². The van der Waals surface area contributed by atoms with Crippen LogP contribution in [0.2, 0.25) is 0 Å². The molecule has 0 aliphatic heterocycles. The van der Waals surface area contributed by atoms with Crippen molar-refractivity contribution in [3.63, 3.8) is 0 Å². The number of rotatable bonds is 6. The molecule has 0 aliphatic carbocycles. The fraction of sp³-hybridized carbons (Fsp3) is 0.500. The molecule has 0 spiro atoms. The third kappa shape index (κ3) is 4.11. The zero-order valence-corrected chi connectivity index (χ0v) is 11.2. The third-order valence-electron chi connectivity index (χ3n) is 2.97. The van der Waals surface area contributed by atoms with Crippen LogP contribution in [-0.2, 0) is 11.3 Å². The van der Waals surface area contributed by atoms with Crippen LogP contribution in [0.3, 0.4) is 0 Å². The van der Waals surface area contributed by atoms with Crippen LogP contribution in [-0.4, -0.2) is 29.9 Å². The van der Waals surface area contributed by atoms with Gasteiger partial charge in [0.2, 0.25) is 5.91 Å². The Labute approximate surface area is 108 Å². The van der Waals surface area contributed by atoms with E-state index in [2.05, 4.69) is 5.32 Å². The normalized spacial score (nSPS) is 12.2. The Morgan fingerprint density at radius 1 is 1.28 bits per heavy atom. The maximum Gasteiger partial charge on any atom is 0.239 e. The lowest BCUT2D eigenvalue weighted by Crippen LogP contribution is -2.44. The largest absolute Gasteiger partial charge is 0.342 e. The number of benzene rings is 1. The summed E-state index contributed by atoms with van der Waals surface area (Å²) in [6.45, 7) is 7.79. The minimum atomic E-state index is -0.244. The van der Waals surface area contributed by atoms with Crippen molar-refractivity contribution in [2.45, 2.75) is 33.4 Å². The van der Waals surface area contributed by atoms with Crippen molar-refractivity contribution in [1.82, 2.24) is 10.2 Å². The van der Waals surface area contributed by atoms with Crippen molar-refractivity contribution in [3.05, 3.63) is 35.6 Å². The molecule has 1 rings (SSSR count). The van der Waals surface area contributed by atoms with Gasteiger partial charge in [0.15, 0.2) is 0 Å². The Morgan fingerprint density at radius 2 is 1.83 bits per heavy atom. The number of hydrogen-bond acceptors (Lipinski definition) is 2. The van der Waals surface area contributed by atoms with Gasteiger partial charge in [-0.3, -0.25) is 4.79 Å². The van der Waals surface area contributed by atoms with Crippen molar-refractivity contribution >= 4 is 5.91 Å². The molecule has 0 fully saturated rings. The van der Waals surface area contributed by atoms with Crippen molar-refractivity contribution in [1.29, 1.82) is 0 Å². The molecule has 1 atom stereocenters. The first kappa shape index (κ1) is 14.6. The minimum absolute atomic E-state index is 0.0992. The lowest BCUT2D eigenvalue weighted by Gasteiger charge is -2.23. The summed E-state index contributed by atoms with van der Waals surface area (Å²) < 4.78 is 12.7. The second-order valence-corrected chi connectivity index (χ2v) is 4.24. The highest BCUT2D eigenvalue weighted by Crippen LogP contribution is 2.03. The summed E-state index contributed by atoms with van der Waals surface area (Å²) >= 11 is 0. The SMILES string of the molecule is CCN(CC)C(=O)C(C)NCc1ccc(F)cc1. The lowest BCUT2D eigenvalue weighted by atomic mass is 10.2. The van der Waals surface area contributed by atoms with Crippen LogP contribution in [0.4, 0.5) is 4.39 Å². The Balaban J connectivity index is 2.47. The van der Waals surface area contributed by atoms with E-state index in [1.54, 1.807) is 17.0 Å². The molecule has 3 nitrogen and oxygen atoms in total. The maximum atomic E-state index is 12.7. The molecular weight excluding hydrogens is 231 g/mol. The van der Waals surface area contributed by atoms with Gasteiger partial charge >= 0.3 is 0 Å². The fourth-order valence-corrected chi connectivity index (χ4v) is 1.77. The summed E-state index contributed by atoms with van der Waals surface area (Å²) in [5.74, 6) is -0.145. The average molecular weight is 252 g/mol. The molecule has 0 bridgehead atoms. The summed E-state index contributed by atoms with van der Waals surface area (Å²) in [7, 11) is 0. The monoisotopic (exact) mass is 252 g/mol. The van der Waals surface area contributed by atoms with Crippen molar-refractivity contribution in [2.24, 2.45) is 0 Å². The number of carbonyl (C=O) groups excluding carboxylic acids is 1. The molecule has 0 radical (unpaired) electrons. The predicted octanol–water partition coefficient (Wildman–Crippen LogP) is 2.17. The van der Waals surface area contributed by atoms with Crippen LogP contribution in [0.15, 0.2) is 24.3 Å². The first-order valence-corrected chi connectivity index (χ1v) is 6.35. The molecule has 0 heterocycles. The fourth-order valence-electron chi connectivity index (χ4n) is 1.77. The quantitative estimate of drug-likeness (QED) is 0.841. The zero-order chi connectivity index (χ0) is 13.5. The minimum Gasteiger partial charge on any atom is -0.342 e. The van der Waals surface area contributed by atoms with Crippen LogP contribution < -0.4 is 5.32 Å². The van der Waals surface area contributed by atoms with Gasteiger partial charge in [0.1, 0.15) is 5.82 Å². The van der Waals surface area contributed by atoms with Crippen LogP contribution in [0.5, 0.6) is 0 Å². The number of carbonyl (C=O) groups is 1. The van der Waals surface area contributed by atoms with Gasteiger partial charge in [-0.25, -0.2) is 4.39 Å². The van der Waals surface area contributed by atoms with Gasteiger partial charge in [-0.2, -0.15) is 0 Å². The van der Waals surface area contributed by atoms with E-state index in [4.69, 9.17) is 0 Å². The van der Waals surface area contributed by atoms with Crippen LogP contribution in [0.25, 0.3) is 0 Å². The first-order valence-electron chi connectivity index (χ1n) is 6.35. The molecule has 1 aromatic rings. The van der Waals surface area contributed by atoms with Crippen LogP contribution >= 0.6 is 0 Å². The van der Waals surface area contributed by atoms with E-state index in [9.17, 15) is 9.18 Å². The first-order chi connectivity index (χ1) is 8.58. The van der Waals surface area contributed by atoms with Gasteiger partial charge in [-0.05, 0) is 38.5 Å². The number of hydrogen-bond donors (Lipinski definition) is 1. The average Bonchev–Trinajstić information content (AvgIpc) is 2.39. The summed E-state index contributed by atoms with van der Waals surface area (Å²) in [4.78, 5) is 13.8. The second-order valence-electron chi connectivity index (χ2n) is 4.24. The van der Waals surface area contributed by atoms with Crippen molar-refractivity contribution < 1.29 is 9.18 Å². The Morgan fingerprint density at radius 3 is 2.33 bits per heavy atom. The number of amides is 1. The molecule has 18 heavy (non-hydrogen) atoms. The van der Waals surface area contributed by atoms with Crippen LogP contribution in [0, 0.1) is 5.82 Å². The molecule has 4 heteroatoms. The maximum absolute atomic E-state index is 12.7. The van der Waals surface area contributed by atoms with Crippen molar-refractivity contribution in [2.75, 3.05) is 13.1 Å². The van der Waals surface area contributed by atoms with Crippen LogP contribution in [0.1, 0.15) is 26.3 Å². The van der Waals surface area contributed by atoms with E-state index in [1.807, 2.05) is 20.8 Å². The molecule has 1 amide bonds. The molecule has 1 unspecified atom stereocenters. The molecule has 1 aromatic carbocycles. The Bertz CT molecular complexity index is 374. The smallest absolute Gasteiger partial charge is 0.239 e. The van der Waals surface area contributed by atoms with Gasteiger partial charge in [-0.1, -0.05) is 12.1 Å². The Kier molecular flexibility index (Phi) is 5.78. The molecule has 0 aliphatic rings. The van der Waals surface area contributed by atoms with E-state index in [1.165, 1.54) is 12.1 Å². The van der Waals surface area contributed by atoms with Crippen molar-refractivity contribution in [3.8, 4) is 0 Å². The molecule has 0 aromatic heterocycles. The summed E-state index contributed by atoms with van der Waals surface area (Å²) in [5, 5.41) is 3.15. The van der Waals surface area contributed by atoms with Gasteiger partial charge in [0.25, 0.3) is 0 Å². The highest BCUT2D eigenvalue weighted by molar-refractivity contribution is 5.81. The summed E-state index contributed by atoms with van der Waals surface area (Å²) in [5.41, 5.74) is 0.968. The molecule has 100 valence electrons. The molecule has 1 N–H and O–H groups in total. The molecule has 0 saturated heterocycles. The van der Waals surface area contributed by atoms with E-state index in [-0.39, 0.29) is 17.8 Å². The van der Waals surface area contributed by atoms with Gasteiger partial charge < -0.3 is 10.2 Å². The van der Waals surface area contributed by atoms with Gasteiger partial charge in [-0.15, -0.1) is 0 Å². The Hall–Kier alpha value is -1.42.